The van der Waals surface area contributed by atoms with Crippen LogP contribution in [0.3, 0.4) is 0 Å². The zero-order chi connectivity index (χ0) is 14.3. The molecule has 100 valence electrons. The highest BCUT2D eigenvalue weighted by molar-refractivity contribution is 5.99. The summed E-state index contributed by atoms with van der Waals surface area (Å²) in [5.74, 6) is 0.652. The number of carbonyl (C=O) groups is 1. The maximum Gasteiger partial charge on any atom is 0.231 e. The molecule has 4 nitrogen and oxygen atoms in total. The van der Waals surface area contributed by atoms with E-state index in [-0.39, 0.29) is 17.4 Å². The van der Waals surface area contributed by atoms with Crippen LogP contribution in [0.1, 0.15) is 23.2 Å². The summed E-state index contributed by atoms with van der Waals surface area (Å²) < 4.78 is 5.56. The second kappa shape index (κ2) is 4.49. The zero-order valence-corrected chi connectivity index (χ0v) is 11.2. The molecule has 0 saturated heterocycles. The first-order valence-corrected chi connectivity index (χ1v) is 6.27. The van der Waals surface area contributed by atoms with Gasteiger partial charge in [-0.25, -0.2) is 4.98 Å². The highest BCUT2D eigenvalue weighted by atomic mass is 16.4. The average molecular weight is 267 g/mol. The van der Waals surface area contributed by atoms with E-state index in [1.165, 1.54) is 6.92 Å². The van der Waals surface area contributed by atoms with Gasteiger partial charge in [-0.2, -0.15) is 0 Å². The number of ketones is 1. The lowest BCUT2D eigenvalue weighted by atomic mass is 10.0. The van der Waals surface area contributed by atoms with Crippen molar-refractivity contribution in [3.05, 3.63) is 47.9 Å². The lowest BCUT2D eigenvalue weighted by molar-refractivity contribution is 0.101. The van der Waals surface area contributed by atoms with Gasteiger partial charge >= 0.3 is 0 Å². The number of fused-ring (bicyclic) bond motifs is 1. The highest BCUT2D eigenvalue weighted by Gasteiger charge is 2.19. The third kappa shape index (κ3) is 1.86. The Bertz CT molecular complexity index is 818. The van der Waals surface area contributed by atoms with Gasteiger partial charge in [-0.15, -0.1) is 0 Å². The Kier molecular flexibility index (Phi) is 2.79. The predicted molar refractivity (Wildman–Crippen MR) is 75.9 cm³/mol. The lowest BCUT2D eigenvalue weighted by Gasteiger charge is -2.05. The number of benzene rings is 2. The Morgan fingerprint density at radius 3 is 2.65 bits per heavy atom. The molecule has 3 aromatic rings. The number of hydrogen-bond donors (Lipinski definition) is 1. The molecular weight excluding hydrogens is 254 g/mol. The molecule has 0 fully saturated rings. The summed E-state index contributed by atoms with van der Waals surface area (Å²) in [6, 6.07) is 11.1. The van der Waals surface area contributed by atoms with Crippen molar-refractivity contribution in [2.45, 2.75) is 13.8 Å². The zero-order valence-electron chi connectivity index (χ0n) is 11.2. The van der Waals surface area contributed by atoms with Gasteiger partial charge in [0.15, 0.2) is 5.78 Å². The van der Waals surface area contributed by atoms with E-state index in [0.29, 0.717) is 17.0 Å². The molecule has 0 aliphatic carbocycles. The summed E-state index contributed by atoms with van der Waals surface area (Å²) >= 11 is 0. The van der Waals surface area contributed by atoms with Gasteiger partial charge in [-0.1, -0.05) is 30.3 Å². The monoisotopic (exact) mass is 267 g/mol. The number of phenols is 1. The molecule has 1 N–H and O–H groups in total. The van der Waals surface area contributed by atoms with Crippen LogP contribution in [0.4, 0.5) is 0 Å². The molecule has 0 atom stereocenters. The number of nitrogens with zero attached hydrogens (tertiary/aromatic N) is 1. The Balaban J connectivity index is 2.31. The Labute approximate surface area is 115 Å². The van der Waals surface area contributed by atoms with Crippen molar-refractivity contribution >= 4 is 16.6 Å². The van der Waals surface area contributed by atoms with Gasteiger partial charge in [-0.05, 0) is 23.8 Å². The van der Waals surface area contributed by atoms with E-state index < -0.39 is 0 Å². The number of hydrogen-bond acceptors (Lipinski definition) is 4. The molecule has 0 bridgehead atoms. The summed E-state index contributed by atoms with van der Waals surface area (Å²) in [6.45, 7) is 3.13. The second-order valence-corrected chi connectivity index (χ2v) is 4.66. The van der Waals surface area contributed by atoms with Gasteiger partial charge in [0.1, 0.15) is 17.2 Å². The fraction of sp³-hybridized carbons (Fsp3) is 0.125. The van der Waals surface area contributed by atoms with E-state index in [9.17, 15) is 9.90 Å². The molecule has 0 radical (unpaired) electrons. The molecule has 3 rings (SSSR count). The van der Waals surface area contributed by atoms with Crippen LogP contribution >= 0.6 is 0 Å². The van der Waals surface area contributed by atoms with Gasteiger partial charge in [0.05, 0.1) is 5.56 Å². The van der Waals surface area contributed by atoms with Crippen LogP contribution in [0.15, 0.2) is 40.8 Å². The van der Waals surface area contributed by atoms with Crippen molar-refractivity contribution in [1.29, 1.82) is 0 Å². The van der Waals surface area contributed by atoms with E-state index in [0.717, 1.165) is 10.8 Å². The lowest BCUT2D eigenvalue weighted by Crippen LogP contribution is -1.94. The molecule has 0 unspecified atom stereocenters. The number of aromatic nitrogens is 1. The van der Waals surface area contributed by atoms with Crippen LogP contribution in [-0.2, 0) is 0 Å². The normalized spacial score (nSPS) is 10.9. The van der Waals surface area contributed by atoms with Gasteiger partial charge in [-0.3, -0.25) is 4.79 Å². The number of phenolic OH excluding ortho intramolecular Hbond substituents is 1. The fourth-order valence-corrected chi connectivity index (χ4v) is 2.31. The van der Waals surface area contributed by atoms with Crippen molar-refractivity contribution in [2.75, 3.05) is 0 Å². The molecule has 4 heteroatoms. The number of oxazole rings is 1. The minimum atomic E-state index is -0.155. The van der Waals surface area contributed by atoms with Crippen molar-refractivity contribution < 1.29 is 14.3 Å². The largest absolute Gasteiger partial charge is 0.507 e. The van der Waals surface area contributed by atoms with Crippen LogP contribution in [0.2, 0.25) is 0 Å². The summed E-state index contributed by atoms with van der Waals surface area (Å²) in [7, 11) is 0. The number of aryl methyl sites for hydroxylation is 1. The molecule has 1 aromatic heterocycles. The van der Waals surface area contributed by atoms with Gasteiger partial charge in [0, 0.05) is 6.92 Å². The van der Waals surface area contributed by atoms with E-state index in [4.69, 9.17) is 4.42 Å². The minimum Gasteiger partial charge on any atom is -0.507 e. The standard InChI is InChI=1S/C16H13NO3/c1-9(18)15-10(2)20-16(17-15)14-12-6-4-3-5-11(12)7-8-13(14)19/h3-8,19H,1-2H3. The number of carbonyl (C=O) groups excluding carboxylic acids is 1. The number of Topliss-reactive ketones (excluding diaryl/α,β-unsaturated/α-hetero) is 1. The van der Waals surface area contributed by atoms with Gasteiger partial charge < -0.3 is 9.52 Å². The second-order valence-electron chi connectivity index (χ2n) is 4.66. The topological polar surface area (TPSA) is 63.3 Å². The first-order chi connectivity index (χ1) is 9.58. The molecule has 0 saturated carbocycles. The van der Waals surface area contributed by atoms with Crippen molar-refractivity contribution in [3.8, 4) is 17.2 Å². The molecule has 2 aromatic carbocycles. The van der Waals surface area contributed by atoms with Crippen LogP contribution in [-0.4, -0.2) is 15.9 Å². The Morgan fingerprint density at radius 1 is 1.20 bits per heavy atom. The summed E-state index contributed by atoms with van der Waals surface area (Å²) in [6.07, 6.45) is 0. The smallest absolute Gasteiger partial charge is 0.231 e. The van der Waals surface area contributed by atoms with E-state index in [1.54, 1.807) is 13.0 Å². The molecule has 0 aliphatic heterocycles. The summed E-state index contributed by atoms with van der Waals surface area (Å²) in [5.41, 5.74) is 0.811. The van der Waals surface area contributed by atoms with Crippen LogP contribution in [0, 0.1) is 6.92 Å². The Hall–Kier alpha value is -2.62. The summed E-state index contributed by atoms with van der Waals surface area (Å²) in [4.78, 5) is 15.7. The van der Waals surface area contributed by atoms with Crippen LogP contribution < -0.4 is 0 Å². The third-order valence-corrected chi connectivity index (χ3v) is 3.25. The van der Waals surface area contributed by atoms with Crippen LogP contribution in [0.5, 0.6) is 5.75 Å². The predicted octanol–water partition coefficient (Wildman–Crippen LogP) is 3.71. The van der Waals surface area contributed by atoms with Crippen molar-refractivity contribution in [1.82, 2.24) is 4.98 Å². The molecule has 0 spiro atoms. The Morgan fingerprint density at radius 2 is 1.95 bits per heavy atom. The van der Waals surface area contributed by atoms with Gasteiger partial charge in [0.2, 0.25) is 5.89 Å². The van der Waals surface area contributed by atoms with E-state index in [2.05, 4.69) is 4.98 Å². The van der Waals surface area contributed by atoms with E-state index >= 15 is 0 Å². The molecule has 1 heterocycles. The third-order valence-electron chi connectivity index (χ3n) is 3.25. The maximum absolute atomic E-state index is 11.5. The van der Waals surface area contributed by atoms with Crippen LogP contribution in [0.25, 0.3) is 22.2 Å². The fourth-order valence-electron chi connectivity index (χ4n) is 2.31. The van der Waals surface area contributed by atoms with Crippen molar-refractivity contribution in [2.24, 2.45) is 0 Å². The minimum absolute atomic E-state index is 0.0834. The molecule has 0 amide bonds. The maximum atomic E-state index is 11.5. The average Bonchev–Trinajstić information content (AvgIpc) is 2.80. The van der Waals surface area contributed by atoms with Crippen molar-refractivity contribution in [3.63, 3.8) is 0 Å². The number of rotatable bonds is 2. The van der Waals surface area contributed by atoms with Gasteiger partial charge in [0.25, 0.3) is 0 Å². The molecule has 20 heavy (non-hydrogen) atoms. The number of aromatic hydroxyl groups is 1. The van der Waals surface area contributed by atoms with E-state index in [1.807, 2.05) is 30.3 Å². The summed E-state index contributed by atoms with van der Waals surface area (Å²) in [5, 5.41) is 11.9. The molecule has 0 aliphatic rings. The first kappa shape index (κ1) is 12.4. The first-order valence-electron chi connectivity index (χ1n) is 6.27. The quantitative estimate of drug-likeness (QED) is 0.719. The highest BCUT2D eigenvalue weighted by Crippen LogP contribution is 2.36. The molecular formula is C16H13NO3. The SMILES string of the molecule is CC(=O)c1nc(-c2c(O)ccc3ccccc23)oc1C.